The summed E-state index contributed by atoms with van der Waals surface area (Å²) in [6, 6.07) is 0. The first-order valence-corrected chi connectivity index (χ1v) is 15.9. The van der Waals surface area contributed by atoms with E-state index in [2.05, 4.69) is 21.0 Å². The first-order valence-electron chi connectivity index (χ1n) is 15.9. The fourth-order valence-corrected chi connectivity index (χ4v) is 5.65. The Labute approximate surface area is 226 Å². The second-order valence-electron chi connectivity index (χ2n) is 12.6. The van der Waals surface area contributed by atoms with E-state index in [4.69, 9.17) is 0 Å². The average Bonchev–Trinajstić information content (AvgIpc) is 2.79. The van der Waals surface area contributed by atoms with Gasteiger partial charge in [0.1, 0.15) is 12.1 Å². The Kier molecular flexibility index (Phi) is 23.1. The van der Waals surface area contributed by atoms with E-state index in [0.29, 0.717) is 0 Å². The number of hydrogen-bond acceptors (Lipinski definition) is 3. The van der Waals surface area contributed by atoms with Crippen LogP contribution in [-0.2, 0) is 4.79 Å². The number of unbranched alkanes of at least 4 members (excludes halogenated alkanes) is 20. The highest BCUT2D eigenvalue weighted by Gasteiger charge is 2.29. The van der Waals surface area contributed by atoms with Crippen molar-refractivity contribution in [1.29, 1.82) is 0 Å². The summed E-state index contributed by atoms with van der Waals surface area (Å²) < 4.78 is 0.872. The number of carboxylic acid groups (broad SMARTS) is 1. The van der Waals surface area contributed by atoms with Crippen molar-refractivity contribution in [2.24, 2.45) is 0 Å². The Morgan fingerprint density at radius 1 is 0.639 bits per heavy atom. The molecule has 0 heterocycles. The van der Waals surface area contributed by atoms with Gasteiger partial charge in [-0.25, -0.2) is 0 Å². The number of carboxylic acids is 1. The molecule has 0 saturated heterocycles. The lowest BCUT2D eigenvalue weighted by molar-refractivity contribution is -0.896. The smallest absolute Gasteiger partial charge is 0.111 e. The van der Waals surface area contributed by atoms with E-state index in [1.165, 1.54) is 116 Å². The van der Waals surface area contributed by atoms with Gasteiger partial charge in [0.15, 0.2) is 0 Å². The van der Waals surface area contributed by atoms with Crippen molar-refractivity contribution >= 4 is 5.97 Å². The Balaban J connectivity index is 3.57. The summed E-state index contributed by atoms with van der Waals surface area (Å²) >= 11 is 0. The number of carbonyl (C=O) groups excluding carboxylic acids is 1. The second-order valence-corrected chi connectivity index (χ2v) is 12.6. The van der Waals surface area contributed by atoms with E-state index in [1.54, 1.807) is 0 Å². The standard InChI is InChI=1S/C32H65NO3/c1-5-6-7-8-9-10-11-12-13-14-15-16-17-19-22-25-28-32(2,36)30-33(3,4)29-26-23-20-18-21-24-27-31(34)35/h36H,5-30H2,1-4H3. The Bertz CT molecular complexity index is 490. The summed E-state index contributed by atoms with van der Waals surface area (Å²) in [5.41, 5.74) is -0.579. The van der Waals surface area contributed by atoms with E-state index in [-0.39, 0.29) is 6.42 Å². The summed E-state index contributed by atoms with van der Waals surface area (Å²) in [4.78, 5) is 10.4. The van der Waals surface area contributed by atoms with Crippen molar-refractivity contribution in [2.45, 2.75) is 174 Å². The van der Waals surface area contributed by atoms with Crippen molar-refractivity contribution < 1.29 is 19.5 Å². The molecule has 4 heteroatoms. The molecule has 0 aromatic rings. The molecule has 0 radical (unpaired) electrons. The molecule has 4 nitrogen and oxygen atoms in total. The highest BCUT2D eigenvalue weighted by Crippen LogP contribution is 2.21. The molecule has 0 aliphatic rings. The third-order valence-electron chi connectivity index (χ3n) is 7.73. The van der Waals surface area contributed by atoms with Gasteiger partial charge >= 0.3 is 0 Å². The van der Waals surface area contributed by atoms with Crippen LogP contribution in [0.15, 0.2) is 0 Å². The number of hydrogen-bond donors (Lipinski definition) is 1. The number of carbonyl (C=O) groups is 1. The molecule has 36 heavy (non-hydrogen) atoms. The molecular weight excluding hydrogens is 446 g/mol. The number of likely N-dealkylation sites (N-methyl/N-ethyl adjacent to an activating group) is 1. The fraction of sp³-hybridized carbons (Fsp3) is 0.969. The third kappa shape index (κ3) is 26.5. The highest BCUT2D eigenvalue weighted by atomic mass is 16.4. The van der Waals surface area contributed by atoms with Crippen LogP contribution in [0.25, 0.3) is 0 Å². The van der Waals surface area contributed by atoms with Crippen LogP contribution in [0.5, 0.6) is 0 Å². The summed E-state index contributed by atoms with van der Waals surface area (Å²) in [7, 11) is 4.48. The number of rotatable bonds is 28. The van der Waals surface area contributed by atoms with E-state index >= 15 is 0 Å². The van der Waals surface area contributed by atoms with Crippen LogP contribution < -0.4 is 5.11 Å². The summed E-state index contributed by atoms with van der Waals surface area (Å²) in [6.45, 7) is 6.22. The van der Waals surface area contributed by atoms with Crippen LogP contribution in [0, 0.1) is 0 Å². The monoisotopic (exact) mass is 511 g/mol. The first kappa shape index (κ1) is 35.4. The number of nitrogens with zero attached hydrogens (tertiary/aromatic N) is 1. The van der Waals surface area contributed by atoms with Gasteiger partial charge < -0.3 is 19.5 Å². The van der Waals surface area contributed by atoms with Crippen molar-refractivity contribution in [3.63, 3.8) is 0 Å². The molecule has 0 aromatic carbocycles. The summed E-state index contributed by atoms with van der Waals surface area (Å²) in [5.74, 6) is -0.930. The molecule has 0 aliphatic heterocycles. The lowest BCUT2D eigenvalue weighted by atomic mass is 9.96. The van der Waals surface area contributed by atoms with Crippen LogP contribution in [0.4, 0.5) is 0 Å². The predicted molar refractivity (Wildman–Crippen MR) is 154 cm³/mol. The van der Waals surface area contributed by atoms with Crippen molar-refractivity contribution in [2.75, 3.05) is 27.2 Å². The van der Waals surface area contributed by atoms with Crippen LogP contribution in [-0.4, -0.2) is 48.3 Å². The molecule has 0 rings (SSSR count). The van der Waals surface area contributed by atoms with E-state index < -0.39 is 11.6 Å². The van der Waals surface area contributed by atoms with Gasteiger partial charge in [-0.3, -0.25) is 0 Å². The van der Waals surface area contributed by atoms with E-state index in [9.17, 15) is 15.0 Å². The molecule has 0 aromatic heterocycles. The van der Waals surface area contributed by atoms with Crippen molar-refractivity contribution in [3.8, 4) is 0 Å². The maximum atomic E-state index is 10.9. The minimum Gasteiger partial charge on any atom is -0.550 e. The Morgan fingerprint density at radius 3 is 1.42 bits per heavy atom. The maximum Gasteiger partial charge on any atom is 0.111 e. The third-order valence-corrected chi connectivity index (χ3v) is 7.73. The molecule has 0 aliphatic carbocycles. The topological polar surface area (TPSA) is 60.4 Å². The van der Waals surface area contributed by atoms with Crippen LogP contribution in [0.1, 0.15) is 168 Å². The van der Waals surface area contributed by atoms with Gasteiger partial charge in [-0.05, 0) is 39.0 Å². The SMILES string of the molecule is CCCCCCCCCCCCCCCCCCC(C)(O)C[N+](C)(C)CCCCCCCCC(=O)[O-]. The molecule has 216 valence electrons. The molecule has 0 spiro atoms. The predicted octanol–water partition coefficient (Wildman–Crippen LogP) is 7.95. The fourth-order valence-electron chi connectivity index (χ4n) is 5.65. The molecule has 1 unspecified atom stereocenters. The molecule has 0 amide bonds. The minimum absolute atomic E-state index is 0.193. The van der Waals surface area contributed by atoms with Gasteiger partial charge in [0.2, 0.25) is 0 Å². The van der Waals surface area contributed by atoms with Crippen molar-refractivity contribution in [3.05, 3.63) is 0 Å². The minimum atomic E-state index is -0.930. The summed E-state index contributed by atoms with van der Waals surface area (Å²) in [6.07, 6.45) is 29.6. The zero-order valence-corrected chi connectivity index (χ0v) is 25.1. The van der Waals surface area contributed by atoms with Gasteiger partial charge in [-0.1, -0.05) is 129 Å². The summed E-state index contributed by atoms with van der Waals surface area (Å²) in [5, 5.41) is 21.4. The van der Waals surface area contributed by atoms with Gasteiger partial charge in [0, 0.05) is 5.97 Å². The Morgan fingerprint density at radius 2 is 1.00 bits per heavy atom. The van der Waals surface area contributed by atoms with Crippen molar-refractivity contribution in [1.82, 2.24) is 0 Å². The van der Waals surface area contributed by atoms with Gasteiger partial charge in [0.05, 0.1) is 20.6 Å². The highest BCUT2D eigenvalue weighted by molar-refractivity contribution is 5.64. The normalized spacial score (nSPS) is 13.7. The molecule has 1 N–H and O–H groups in total. The maximum absolute atomic E-state index is 10.9. The quantitative estimate of drug-likeness (QED) is 0.0856. The number of quaternary nitrogens is 1. The van der Waals surface area contributed by atoms with Crippen LogP contribution in [0.2, 0.25) is 0 Å². The largest absolute Gasteiger partial charge is 0.550 e. The van der Waals surface area contributed by atoms with Crippen LogP contribution in [0.3, 0.4) is 0 Å². The zero-order valence-electron chi connectivity index (χ0n) is 25.1. The van der Waals surface area contributed by atoms with E-state index in [0.717, 1.165) is 49.7 Å². The first-order chi connectivity index (χ1) is 17.2. The molecule has 0 bridgehead atoms. The number of aliphatic hydroxyl groups is 1. The number of aliphatic carboxylic acids is 1. The Hall–Kier alpha value is -0.610. The zero-order chi connectivity index (χ0) is 27.0. The lowest BCUT2D eigenvalue weighted by Gasteiger charge is -2.36. The molecule has 0 saturated carbocycles. The molecular formula is C32H65NO3. The van der Waals surface area contributed by atoms with Gasteiger partial charge in [-0.2, -0.15) is 0 Å². The van der Waals surface area contributed by atoms with Crippen LogP contribution >= 0.6 is 0 Å². The molecule has 0 fully saturated rings. The van der Waals surface area contributed by atoms with Gasteiger partial charge in [0.25, 0.3) is 0 Å². The molecule has 1 atom stereocenters. The lowest BCUT2D eigenvalue weighted by Crippen LogP contribution is -2.50. The van der Waals surface area contributed by atoms with E-state index in [1.807, 2.05) is 6.92 Å². The average molecular weight is 512 g/mol. The second kappa shape index (κ2) is 23.5. The van der Waals surface area contributed by atoms with Gasteiger partial charge in [-0.15, -0.1) is 0 Å².